The molecule has 0 bridgehead atoms. The Labute approximate surface area is 55.9 Å². The smallest absolute Gasteiger partial charge is 0.0512 e. The highest BCUT2D eigenvalue weighted by atomic mass is 15.3. The van der Waals surface area contributed by atoms with Crippen LogP contribution in [0.5, 0.6) is 0 Å². The summed E-state index contributed by atoms with van der Waals surface area (Å²) in [5, 5.41) is 6.28. The maximum absolute atomic E-state index is 4.64. The summed E-state index contributed by atoms with van der Waals surface area (Å²) in [6.07, 6.45) is 4.68. The van der Waals surface area contributed by atoms with Crippen molar-refractivity contribution < 1.29 is 0 Å². The summed E-state index contributed by atoms with van der Waals surface area (Å²) in [5.74, 6) is 4.64. The number of nitrogens with two attached hydrogens (primary N) is 1. The Morgan fingerprint density at radius 3 is 2.33 bits per heavy atom. The SMILES string of the molecule is C=C/C=C\N=NN.CC. The maximum atomic E-state index is 4.64. The van der Waals surface area contributed by atoms with Crippen molar-refractivity contribution >= 4 is 0 Å². The van der Waals surface area contributed by atoms with Crippen LogP contribution < -0.4 is 5.84 Å². The van der Waals surface area contributed by atoms with Crippen LogP contribution in [-0.4, -0.2) is 0 Å². The molecule has 0 aromatic rings. The van der Waals surface area contributed by atoms with Gasteiger partial charge in [-0.25, -0.2) is 0 Å². The van der Waals surface area contributed by atoms with Gasteiger partial charge in [0.15, 0.2) is 0 Å². The fourth-order valence-corrected chi connectivity index (χ4v) is 0.138. The Balaban J connectivity index is 0. The molecule has 0 aliphatic carbocycles. The van der Waals surface area contributed by atoms with Crippen LogP contribution in [0.3, 0.4) is 0 Å². The molecule has 0 aromatic heterocycles. The second kappa shape index (κ2) is 15.8. The molecule has 2 N–H and O–H groups in total. The zero-order valence-electron chi connectivity index (χ0n) is 5.91. The minimum absolute atomic E-state index is 1.45. The average molecular weight is 127 g/mol. The fraction of sp³-hybridized carbons (Fsp3) is 0.333. The van der Waals surface area contributed by atoms with Gasteiger partial charge in [-0.3, -0.25) is 0 Å². The van der Waals surface area contributed by atoms with Crippen LogP contribution in [0.15, 0.2) is 35.3 Å². The van der Waals surface area contributed by atoms with Crippen LogP contribution in [0, 0.1) is 0 Å². The highest BCUT2D eigenvalue weighted by Crippen LogP contribution is 1.72. The van der Waals surface area contributed by atoms with E-state index in [2.05, 4.69) is 22.8 Å². The molecule has 0 atom stereocenters. The molecule has 9 heavy (non-hydrogen) atoms. The number of hydrogen-bond acceptors (Lipinski definition) is 2. The lowest BCUT2D eigenvalue weighted by Gasteiger charge is -1.65. The van der Waals surface area contributed by atoms with E-state index in [-0.39, 0.29) is 0 Å². The zero-order chi connectivity index (χ0) is 7.54. The third kappa shape index (κ3) is 19.8. The molecule has 0 aromatic carbocycles. The lowest BCUT2D eigenvalue weighted by Crippen LogP contribution is -1.70. The van der Waals surface area contributed by atoms with Gasteiger partial charge >= 0.3 is 0 Å². The third-order valence-corrected chi connectivity index (χ3v) is 0.355. The first kappa shape index (κ1) is 10.8. The molecular weight excluding hydrogens is 114 g/mol. The molecule has 0 aliphatic heterocycles. The van der Waals surface area contributed by atoms with Crippen molar-refractivity contribution in [2.75, 3.05) is 0 Å². The van der Waals surface area contributed by atoms with Gasteiger partial charge in [0.25, 0.3) is 0 Å². The zero-order valence-corrected chi connectivity index (χ0v) is 5.91. The van der Waals surface area contributed by atoms with Gasteiger partial charge in [0.05, 0.1) is 6.20 Å². The first-order chi connectivity index (χ1) is 4.41. The molecule has 0 amide bonds. The molecule has 0 unspecified atom stereocenters. The first-order valence-electron chi connectivity index (χ1n) is 2.79. The minimum atomic E-state index is 1.45. The van der Waals surface area contributed by atoms with Crippen molar-refractivity contribution in [1.29, 1.82) is 0 Å². The van der Waals surface area contributed by atoms with Crippen molar-refractivity contribution in [2.45, 2.75) is 13.8 Å². The van der Waals surface area contributed by atoms with E-state index in [1.165, 1.54) is 6.20 Å². The maximum Gasteiger partial charge on any atom is 0.0512 e. The molecule has 0 fully saturated rings. The van der Waals surface area contributed by atoms with Crippen LogP contribution in [0.25, 0.3) is 0 Å². The van der Waals surface area contributed by atoms with Crippen molar-refractivity contribution in [1.82, 2.24) is 0 Å². The largest absolute Gasteiger partial charge is 0.305 e. The number of nitrogens with zero attached hydrogens (tertiary/aromatic N) is 2. The van der Waals surface area contributed by atoms with Gasteiger partial charge < -0.3 is 5.84 Å². The van der Waals surface area contributed by atoms with E-state index >= 15 is 0 Å². The predicted molar refractivity (Wildman–Crippen MR) is 39.7 cm³/mol. The lowest BCUT2D eigenvalue weighted by atomic mass is 10.6. The van der Waals surface area contributed by atoms with Gasteiger partial charge in [-0.2, -0.15) is 0 Å². The Morgan fingerprint density at radius 2 is 2.00 bits per heavy atom. The molecular formula is C6H13N3. The third-order valence-electron chi connectivity index (χ3n) is 0.355. The van der Waals surface area contributed by atoms with E-state index in [0.717, 1.165) is 0 Å². The molecule has 0 rings (SSSR count). The molecule has 0 radical (unpaired) electrons. The van der Waals surface area contributed by atoms with Crippen LogP contribution >= 0.6 is 0 Å². The van der Waals surface area contributed by atoms with Crippen molar-refractivity contribution in [3.05, 3.63) is 24.9 Å². The molecule has 0 saturated heterocycles. The van der Waals surface area contributed by atoms with Gasteiger partial charge in [0.2, 0.25) is 0 Å². The van der Waals surface area contributed by atoms with Crippen LogP contribution in [-0.2, 0) is 0 Å². The van der Waals surface area contributed by atoms with E-state index in [4.69, 9.17) is 0 Å². The van der Waals surface area contributed by atoms with Gasteiger partial charge in [-0.1, -0.05) is 31.7 Å². The minimum Gasteiger partial charge on any atom is -0.305 e. The predicted octanol–water partition coefficient (Wildman–Crippen LogP) is 2.04. The van der Waals surface area contributed by atoms with E-state index in [0.29, 0.717) is 0 Å². The van der Waals surface area contributed by atoms with E-state index in [1.807, 2.05) is 13.8 Å². The topological polar surface area (TPSA) is 50.7 Å². The summed E-state index contributed by atoms with van der Waals surface area (Å²) < 4.78 is 0. The second-order valence-corrected chi connectivity index (χ2v) is 0.808. The Kier molecular flexibility index (Phi) is 18.9. The number of rotatable bonds is 2. The number of hydrogen-bond donors (Lipinski definition) is 1. The summed E-state index contributed by atoms with van der Waals surface area (Å²) in [4.78, 5) is 0. The van der Waals surface area contributed by atoms with Crippen molar-refractivity contribution in [2.24, 2.45) is 16.2 Å². The van der Waals surface area contributed by atoms with E-state index in [1.54, 1.807) is 12.2 Å². The Bertz CT molecular complexity index is 94.5. The highest BCUT2D eigenvalue weighted by molar-refractivity contribution is 4.94. The summed E-state index contributed by atoms with van der Waals surface area (Å²) >= 11 is 0. The van der Waals surface area contributed by atoms with Gasteiger partial charge in [-0.05, 0) is 6.08 Å². The summed E-state index contributed by atoms with van der Waals surface area (Å²) in [6, 6.07) is 0. The first-order valence-corrected chi connectivity index (χ1v) is 2.79. The summed E-state index contributed by atoms with van der Waals surface area (Å²) in [6.45, 7) is 7.40. The number of allylic oxidation sites excluding steroid dienone is 2. The molecule has 3 heteroatoms. The monoisotopic (exact) mass is 127 g/mol. The molecule has 3 nitrogen and oxygen atoms in total. The average Bonchev–Trinajstić information content (AvgIpc) is 1.94. The summed E-state index contributed by atoms with van der Waals surface area (Å²) in [5.41, 5.74) is 0. The Morgan fingerprint density at radius 1 is 1.44 bits per heavy atom. The molecule has 0 aliphatic rings. The highest BCUT2D eigenvalue weighted by Gasteiger charge is 1.53. The van der Waals surface area contributed by atoms with E-state index < -0.39 is 0 Å². The van der Waals surface area contributed by atoms with Crippen LogP contribution in [0.1, 0.15) is 13.8 Å². The molecule has 0 heterocycles. The van der Waals surface area contributed by atoms with Crippen LogP contribution in [0.2, 0.25) is 0 Å². The lowest BCUT2D eigenvalue weighted by molar-refractivity contribution is 1.06. The summed E-state index contributed by atoms with van der Waals surface area (Å²) in [7, 11) is 0. The normalized spacial score (nSPS) is 9.11. The Hall–Kier alpha value is -1.12. The van der Waals surface area contributed by atoms with Crippen LogP contribution in [0.4, 0.5) is 0 Å². The molecule has 0 saturated carbocycles. The fourth-order valence-electron chi connectivity index (χ4n) is 0.138. The van der Waals surface area contributed by atoms with Gasteiger partial charge in [0, 0.05) is 0 Å². The van der Waals surface area contributed by atoms with Crippen molar-refractivity contribution in [3.8, 4) is 0 Å². The van der Waals surface area contributed by atoms with E-state index in [9.17, 15) is 0 Å². The van der Waals surface area contributed by atoms with Gasteiger partial charge in [0.1, 0.15) is 0 Å². The molecule has 52 valence electrons. The molecule has 0 spiro atoms. The second-order valence-electron chi connectivity index (χ2n) is 0.808. The standard InChI is InChI=1S/C4H7N3.C2H6/c1-2-3-4-6-7-5;1-2/h2-4H,1H2,(H2,5,6);1-2H3/b4-3-;. The van der Waals surface area contributed by atoms with Crippen molar-refractivity contribution in [3.63, 3.8) is 0 Å². The van der Waals surface area contributed by atoms with Gasteiger partial charge in [-0.15, -0.1) is 5.11 Å². The quantitative estimate of drug-likeness (QED) is 0.262.